The van der Waals surface area contributed by atoms with E-state index in [4.69, 9.17) is 20.6 Å². The molecular weight excluding hydrogens is 484 g/mol. The number of nitrogens with one attached hydrogen (secondary N) is 2. The number of fused-ring (bicyclic) bond motifs is 1. The van der Waals surface area contributed by atoms with Gasteiger partial charge < -0.3 is 40.5 Å². The molecule has 10 nitrogen and oxygen atoms in total. The number of nitrogens with zero attached hydrogens (tertiary/aromatic N) is 3. The first-order valence-corrected chi connectivity index (χ1v) is 12.5. The highest BCUT2D eigenvalue weighted by atomic mass is 16.6. The highest BCUT2D eigenvalue weighted by Crippen LogP contribution is 2.41. The number of benzene rings is 2. The average molecular weight is 516 g/mol. The van der Waals surface area contributed by atoms with Gasteiger partial charge in [0.1, 0.15) is 35.4 Å². The van der Waals surface area contributed by atoms with Crippen molar-refractivity contribution in [3.05, 3.63) is 65.9 Å². The fourth-order valence-corrected chi connectivity index (χ4v) is 4.92. The molecule has 1 atom stereocenters. The van der Waals surface area contributed by atoms with Crippen molar-refractivity contribution in [2.24, 2.45) is 10.7 Å². The molecule has 0 spiro atoms. The van der Waals surface area contributed by atoms with Crippen molar-refractivity contribution >= 4 is 23.6 Å². The number of rotatable bonds is 5. The predicted molar refractivity (Wildman–Crippen MR) is 144 cm³/mol. The highest BCUT2D eigenvalue weighted by molar-refractivity contribution is 6.13. The van der Waals surface area contributed by atoms with Crippen LogP contribution in [-0.4, -0.2) is 52.7 Å². The minimum atomic E-state index is -0.843. The molecule has 10 heteroatoms. The number of hydrogen-bond acceptors (Lipinski definition) is 8. The summed E-state index contributed by atoms with van der Waals surface area (Å²) < 4.78 is 13.3. The molecule has 1 saturated heterocycles. The van der Waals surface area contributed by atoms with Gasteiger partial charge in [0.15, 0.2) is 0 Å². The number of amidine groups is 1. The van der Waals surface area contributed by atoms with Crippen LogP contribution in [0.3, 0.4) is 0 Å². The van der Waals surface area contributed by atoms with Crippen LogP contribution in [0.25, 0.3) is 11.1 Å². The lowest BCUT2D eigenvalue weighted by molar-refractivity contribution is -0.215. The fraction of sp³-hybridized carbons (Fsp3) is 0.321. The number of carbonyl (C=O) groups excluding carboxylic acids is 1. The lowest BCUT2D eigenvalue weighted by Crippen LogP contribution is -2.36. The second kappa shape index (κ2) is 9.77. The van der Waals surface area contributed by atoms with E-state index in [1.165, 1.54) is 0 Å². The van der Waals surface area contributed by atoms with E-state index < -0.39 is 17.6 Å². The average Bonchev–Trinajstić information content (AvgIpc) is 3.48. The number of anilines is 1. The third-order valence-electron chi connectivity index (χ3n) is 6.47. The van der Waals surface area contributed by atoms with E-state index in [1.807, 2.05) is 79.9 Å². The first-order chi connectivity index (χ1) is 18.1. The summed E-state index contributed by atoms with van der Waals surface area (Å²) in [5.74, 6) is 1.42. The molecule has 3 heterocycles. The Balaban J connectivity index is 1.53. The van der Waals surface area contributed by atoms with Crippen molar-refractivity contribution in [3.63, 3.8) is 0 Å². The van der Waals surface area contributed by atoms with Gasteiger partial charge in [-0.05, 0) is 57.0 Å². The predicted octanol–water partition coefficient (Wildman–Crippen LogP) is 3.90. The molecule has 2 aliphatic rings. The van der Waals surface area contributed by atoms with Crippen LogP contribution in [0, 0.1) is 5.41 Å². The molecule has 1 aromatic heterocycles. The smallest absolute Gasteiger partial charge is 0.410 e. The SMILES string of the molecule is CC(C)(C)OC(=O)N1CC[C@@H](n2c3c(c(-c4ccc(Oc5ccccc5)cc4)c2C(=N)[O-])C(N)=NCN3)C1. The normalized spacial score (nSPS) is 16.9. The molecule has 1 fully saturated rings. The van der Waals surface area contributed by atoms with E-state index in [-0.39, 0.29) is 18.4 Å². The number of para-hydroxylation sites is 1. The van der Waals surface area contributed by atoms with Gasteiger partial charge in [-0.3, -0.25) is 0 Å². The first-order valence-electron chi connectivity index (χ1n) is 12.5. The third-order valence-corrected chi connectivity index (χ3v) is 6.47. The summed E-state index contributed by atoms with van der Waals surface area (Å²) in [7, 11) is 0. The Morgan fingerprint density at radius 2 is 1.79 bits per heavy atom. The van der Waals surface area contributed by atoms with Gasteiger partial charge in [-0.1, -0.05) is 30.3 Å². The van der Waals surface area contributed by atoms with Crippen LogP contribution < -0.4 is 20.9 Å². The number of nitrogens with two attached hydrogens (primary N) is 1. The molecule has 38 heavy (non-hydrogen) atoms. The molecule has 2 aliphatic heterocycles. The Hall–Kier alpha value is -4.47. The van der Waals surface area contributed by atoms with Crippen molar-refractivity contribution < 1.29 is 19.4 Å². The van der Waals surface area contributed by atoms with E-state index in [0.29, 0.717) is 59.4 Å². The third kappa shape index (κ3) is 4.89. The minimum absolute atomic E-state index is 0.204. The number of hydrogen-bond donors (Lipinski definition) is 3. The molecule has 4 N–H and O–H groups in total. The van der Waals surface area contributed by atoms with Gasteiger partial charge in [0.2, 0.25) is 0 Å². The maximum Gasteiger partial charge on any atom is 0.410 e. The van der Waals surface area contributed by atoms with Gasteiger partial charge >= 0.3 is 6.09 Å². The molecule has 3 aromatic rings. The van der Waals surface area contributed by atoms with Crippen molar-refractivity contribution in [2.75, 3.05) is 25.1 Å². The number of ether oxygens (including phenoxy) is 2. The molecule has 2 aromatic carbocycles. The Morgan fingerprint density at radius 3 is 2.45 bits per heavy atom. The summed E-state index contributed by atoms with van der Waals surface area (Å²) >= 11 is 0. The molecule has 0 unspecified atom stereocenters. The molecule has 5 rings (SSSR count). The van der Waals surface area contributed by atoms with Crippen molar-refractivity contribution in [3.8, 4) is 22.6 Å². The van der Waals surface area contributed by atoms with E-state index in [0.717, 1.165) is 0 Å². The lowest BCUT2D eigenvalue weighted by atomic mass is 9.99. The largest absolute Gasteiger partial charge is 0.858 e. The molecule has 0 aliphatic carbocycles. The van der Waals surface area contributed by atoms with E-state index in [1.54, 1.807) is 4.90 Å². The van der Waals surface area contributed by atoms with Crippen LogP contribution in [0.5, 0.6) is 11.5 Å². The standard InChI is InChI=1S/C28H32N6O4/c1-28(2,3)38-27(36)33-14-13-18(15-33)34-23(25(30)35)21(22-24(29)31-16-32-26(22)34)17-9-11-20(12-10-17)37-19-7-5-4-6-8-19/h4-12,18,32H,13-16H2,1-3H3,(H2,29,31)(H2,30,35)/p-1/t18-/m1/s1. The first kappa shape index (κ1) is 25.2. The topological polar surface area (TPSA) is 141 Å². The van der Waals surface area contributed by atoms with Crippen molar-refractivity contribution in [2.45, 2.75) is 38.8 Å². The minimum Gasteiger partial charge on any atom is -0.858 e. The van der Waals surface area contributed by atoms with Gasteiger partial charge in [-0.25, -0.2) is 9.79 Å². The van der Waals surface area contributed by atoms with Gasteiger partial charge in [0, 0.05) is 24.6 Å². The molecule has 1 amide bonds. The van der Waals surface area contributed by atoms with E-state index >= 15 is 0 Å². The Labute approximate surface area is 221 Å². The summed E-state index contributed by atoms with van der Waals surface area (Å²) in [5.41, 5.74) is 7.78. The molecular formula is C28H31N6O4-. The summed E-state index contributed by atoms with van der Waals surface area (Å²) in [6.45, 7) is 6.55. The Kier molecular flexibility index (Phi) is 6.48. The van der Waals surface area contributed by atoms with Crippen LogP contribution >= 0.6 is 0 Å². The molecule has 0 bridgehead atoms. The fourth-order valence-electron chi connectivity index (χ4n) is 4.92. The van der Waals surface area contributed by atoms with Crippen LogP contribution in [0.15, 0.2) is 59.6 Å². The second-order valence-corrected chi connectivity index (χ2v) is 10.3. The number of carbonyl (C=O) groups is 1. The monoisotopic (exact) mass is 515 g/mol. The molecule has 0 radical (unpaired) electrons. The summed E-state index contributed by atoms with van der Waals surface area (Å²) in [5, 5.41) is 24.3. The van der Waals surface area contributed by atoms with Crippen LogP contribution in [0.1, 0.15) is 44.5 Å². The number of amides is 1. The zero-order chi connectivity index (χ0) is 27.0. The Bertz CT molecular complexity index is 1390. The zero-order valence-electron chi connectivity index (χ0n) is 21.7. The van der Waals surface area contributed by atoms with Crippen LogP contribution in [-0.2, 0) is 4.74 Å². The van der Waals surface area contributed by atoms with Crippen molar-refractivity contribution in [1.82, 2.24) is 9.47 Å². The maximum absolute atomic E-state index is 12.9. The summed E-state index contributed by atoms with van der Waals surface area (Å²) in [6.07, 6.45) is 0.200. The molecule has 0 saturated carbocycles. The molecule has 198 valence electrons. The van der Waals surface area contributed by atoms with Crippen molar-refractivity contribution in [1.29, 1.82) is 5.41 Å². The van der Waals surface area contributed by atoms with Gasteiger partial charge in [-0.15, -0.1) is 0 Å². The van der Waals surface area contributed by atoms with E-state index in [2.05, 4.69) is 10.3 Å². The van der Waals surface area contributed by atoms with Gasteiger partial charge in [0.05, 0.1) is 17.3 Å². The number of aliphatic imine (C=N–C) groups is 1. The second-order valence-electron chi connectivity index (χ2n) is 10.3. The van der Waals surface area contributed by atoms with E-state index in [9.17, 15) is 9.90 Å². The van der Waals surface area contributed by atoms with Crippen LogP contribution in [0.4, 0.5) is 10.6 Å². The zero-order valence-corrected chi connectivity index (χ0v) is 21.7. The quantitative estimate of drug-likeness (QED) is 0.348. The summed E-state index contributed by atoms with van der Waals surface area (Å²) in [6, 6.07) is 16.5. The lowest BCUT2D eigenvalue weighted by Gasteiger charge is -2.26. The van der Waals surface area contributed by atoms with Crippen LogP contribution in [0.2, 0.25) is 0 Å². The highest BCUT2D eigenvalue weighted by Gasteiger charge is 2.36. The van der Waals surface area contributed by atoms with Gasteiger partial charge in [-0.2, -0.15) is 0 Å². The maximum atomic E-state index is 12.9. The number of likely N-dealkylation sites (tertiary alicyclic amines) is 1. The summed E-state index contributed by atoms with van der Waals surface area (Å²) in [4.78, 5) is 18.7. The number of aromatic nitrogens is 1. The Morgan fingerprint density at radius 1 is 1.11 bits per heavy atom. The van der Waals surface area contributed by atoms with Gasteiger partial charge in [0.25, 0.3) is 0 Å².